The van der Waals surface area contributed by atoms with Crippen molar-refractivity contribution in [1.82, 2.24) is 14.9 Å². The van der Waals surface area contributed by atoms with Gasteiger partial charge >= 0.3 is 0 Å². The molecule has 0 fully saturated rings. The van der Waals surface area contributed by atoms with Gasteiger partial charge in [0.15, 0.2) is 11.5 Å². The fraction of sp³-hybridized carbons (Fsp3) is 0.409. The van der Waals surface area contributed by atoms with Gasteiger partial charge < -0.3 is 24.1 Å². The lowest BCUT2D eigenvalue weighted by atomic mass is 10.2. The SMILES string of the molecule is COCCCOc1cc(CN[C@@H](C)c2nc3ccccc3n2C)ccc1OC. The van der Waals surface area contributed by atoms with Crippen LogP contribution in [-0.2, 0) is 18.3 Å². The van der Waals surface area contributed by atoms with Gasteiger partial charge in [0.2, 0.25) is 0 Å². The number of fused-ring (bicyclic) bond motifs is 1. The van der Waals surface area contributed by atoms with E-state index in [1.54, 1.807) is 14.2 Å². The molecule has 150 valence electrons. The maximum atomic E-state index is 5.87. The van der Waals surface area contributed by atoms with Crippen LogP contribution in [0.15, 0.2) is 42.5 Å². The van der Waals surface area contributed by atoms with Crippen molar-refractivity contribution < 1.29 is 14.2 Å². The number of methoxy groups -OCH3 is 2. The van der Waals surface area contributed by atoms with E-state index in [9.17, 15) is 0 Å². The summed E-state index contributed by atoms with van der Waals surface area (Å²) in [5.74, 6) is 2.52. The van der Waals surface area contributed by atoms with Crippen LogP contribution in [0.3, 0.4) is 0 Å². The van der Waals surface area contributed by atoms with Crippen LogP contribution in [0.1, 0.15) is 30.8 Å². The first-order valence-corrected chi connectivity index (χ1v) is 9.57. The summed E-state index contributed by atoms with van der Waals surface area (Å²) in [6.07, 6.45) is 0.839. The van der Waals surface area contributed by atoms with Crippen molar-refractivity contribution in [2.75, 3.05) is 27.4 Å². The Morgan fingerprint density at radius 1 is 1.07 bits per heavy atom. The van der Waals surface area contributed by atoms with E-state index in [2.05, 4.69) is 36.0 Å². The average molecular weight is 383 g/mol. The Kier molecular flexibility index (Phi) is 6.90. The lowest BCUT2D eigenvalue weighted by Gasteiger charge is -2.16. The van der Waals surface area contributed by atoms with Gasteiger partial charge in [-0.25, -0.2) is 4.98 Å². The number of rotatable bonds is 10. The smallest absolute Gasteiger partial charge is 0.161 e. The van der Waals surface area contributed by atoms with Crippen LogP contribution >= 0.6 is 0 Å². The lowest BCUT2D eigenvalue weighted by Crippen LogP contribution is -2.21. The van der Waals surface area contributed by atoms with Crippen LogP contribution in [0.4, 0.5) is 0 Å². The largest absolute Gasteiger partial charge is 0.493 e. The molecule has 0 saturated heterocycles. The summed E-state index contributed by atoms with van der Waals surface area (Å²) in [7, 11) is 5.41. The molecule has 1 aromatic heterocycles. The summed E-state index contributed by atoms with van der Waals surface area (Å²) in [6.45, 7) is 4.12. The molecule has 3 aromatic rings. The van der Waals surface area contributed by atoms with Crippen LogP contribution in [0, 0.1) is 0 Å². The number of nitrogens with one attached hydrogen (secondary N) is 1. The molecule has 0 aliphatic heterocycles. The summed E-state index contributed by atoms with van der Waals surface area (Å²) in [4.78, 5) is 4.77. The molecule has 0 radical (unpaired) electrons. The third kappa shape index (κ3) is 4.64. The second kappa shape index (κ2) is 9.57. The zero-order chi connectivity index (χ0) is 19.9. The molecule has 1 atom stereocenters. The maximum Gasteiger partial charge on any atom is 0.161 e. The standard InChI is InChI=1S/C22H29N3O3/c1-16(22-24-18-8-5-6-9-19(18)25(22)2)23-15-17-10-11-20(27-4)21(14-17)28-13-7-12-26-3/h5-6,8-11,14,16,23H,7,12-13,15H2,1-4H3/t16-/m0/s1. The zero-order valence-electron chi connectivity index (χ0n) is 17.1. The Morgan fingerprint density at radius 2 is 1.89 bits per heavy atom. The predicted molar refractivity (Wildman–Crippen MR) is 111 cm³/mol. The van der Waals surface area contributed by atoms with Gasteiger partial charge in [-0.1, -0.05) is 18.2 Å². The highest BCUT2D eigenvalue weighted by atomic mass is 16.5. The molecule has 0 bridgehead atoms. The molecule has 0 aliphatic carbocycles. The zero-order valence-corrected chi connectivity index (χ0v) is 17.1. The van der Waals surface area contributed by atoms with Crippen molar-refractivity contribution in [3.8, 4) is 11.5 Å². The van der Waals surface area contributed by atoms with E-state index in [0.29, 0.717) is 19.8 Å². The van der Waals surface area contributed by atoms with Crippen LogP contribution in [0.2, 0.25) is 0 Å². The molecule has 0 unspecified atom stereocenters. The fourth-order valence-electron chi connectivity index (χ4n) is 3.24. The molecule has 0 aliphatic rings. The summed E-state index contributed by atoms with van der Waals surface area (Å²) in [6, 6.07) is 14.3. The van der Waals surface area contributed by atoms with E-state index < -0.39 is 0 Å². The number of nitrogens with zero attached hydrogens (tertiary/aromatic N) is 2. The van der Waals surface area contributed by atoms with Crippen molar-refractivity contribution in [3.63, 3.8) is 0 Å². The number of aromatic nitrogens is 2. The van der Waals surface area contributed by atoms with Gasteiger partial charge in [-0.05, 0) is 36.8 Å². The van der Waals surface area contributed by atoms with Crippen molar-refractivity contribution in [2.45, 2.75) is 25.9 Å². The monoisotopic (exact) mass is 383 g/mol. The maximum absolute atomic E-state index is 5.87. The van der Waals surface area contributed by atoms with Crippen LogP contribution in [0.25, 0.3) is 11.0 Å². The summed E-state index contributed by atoms with van der Waals surface area (Å²) >= 11 is 0. The number of imidazole rings is 1. The predicted octanol–water partition coefficient (Wildman–Crippen LogP) is 3.85. The summed E-state index contributed by atoms with van der Waals surface area (Å²) < 4.78 is 18.5. The molecule has 0 spiro atoms. The quantitative estimate of drug-likeness (QED) is 0.539. The number of ether oxygens (including phenoxy) is 3. The molecule has 2 aromatic carbocycles. The van der Waals surface area contributed by atoms with Gasteiger partial charge in [0, 0.05) is 33.7 Å². The first kappa shape index (κ1) is 20.2. The lowest BCUT2D eigenvalue weighted by molar-refractivity contribution is 0.170. The van der Waals surface area contributed by atoms with Crippen molar-refractivity contribution in [1.29, 1.82) is 0 Å². The minimum absolute atomic E-state index is 0.116. The van der Waals surface area contributed by atoms with E-state index in [-0.39, 0.29) is 6.04 Å². The van der Waals surface area contributed by atoms with Crippen LogP contribution in [0.5, 0.6) is 11.5 Å². The number of aryl methyl sites for hydroxylation is 1. The Bertz CT molecular complexity index is 907. The van der Waals surface area contributed by atoms with Gasteiger partial charge in [-0.3, -0.25) is 0 Å². The molecule has 1 heterocycles. The highest BCUT2D eigenvalue weighted by Gasteiger charge is 2.14. The number of para-hydroxylation sites is 2. The molecule has 1 N–H and O–H groups in total. The molecular formula is C22H29N3O3. The van der Waals surface area contributed by atoms with Gasteiger partial charge in [0.05, 0.1) is 30.8 Å². The van der Waals surface area contributed by atoms with E-state index in [1.165, 1.54) is 0 Å². The van der Waals surface area contributed by atoms with Gasteiger partial charge in [0.25, 0.3) is 0 Å². The summed E-state index contributed by atoms with van der Waals surface area (Å²) in [5.41, 5.74) is 3.29. The van der Waals surface area contributed by atoms with Gasteiger partial charge in [-0.2, -0.15) is 0 Å². The molecule has 0 saturated carbocycles. The minimum atomic E-state index is 0.116. The normalized spacial score (nSPS) is 12.3. The molecular weight excluding hydrogens is 354 g/mol. The number of hydrogen-bond acceptors (Lipinski definition) is 5. The highest BCUT2D eigenvalue weighted by Crippen LogP contribution is 2.28. The highest BCUT2D eigenvalue weighted by molar-refractivity contribution is 5.75. The van der Waals surface area contributed by atoms with Crippen molar-refractivity contribution in [3.05, 3.63) is 53.9 Å². The second-order valence-electron chi connectivity index (χ2n) is 6.80. The van der Waals surface area contributed by atoms with Gasteiger partial charge in [0.1, 0.15) is 5.82 Å². The molecule has 6 nitrogen and oxygen atoms in total. The summed E-state index contributed by atoms with van der Waals surface area (Å²) in [5, 5.41) is 3.56. The van der Waals surface area contributed by atoms with Crippen LogP contribution < -0.4 is 14.8 Å². The Labute approximate surface area is 166 Å². The average Bonchev–Trinajstić information content (AvgIpc) is 3.06. The van der Waals surface area contributed by atoms with E-state index >= 15 is 0 Å². The van der Waals surface area contributed by atoms with E-state index in [0.717, 1.165) is 40.3 Å². The first-order chi connectivity index (χ1) is 13.6. The molecule has 28 heavy (non-hydrogen) atoms. The second-order valence-corrected chi connectivity index (χ2v) is 6.80. The Morgan fingerprint density at radius 3 is 2.64 bits per heavy atom. The minimum Gasteiger partial charge on any atom is -0.493 e. The Balaban J connectivity index is 1.66. The Hall–Kier alpha value is -2.57. The molecule has 6 heteroatoms. The van der Waals surface area contributed by atoms with Gasteiger partial charge in [-0.15, -0.1) is 0 Å². The number of benzene rings is 2. The third-order valence-electron chi connectivity index (χ3n) is 4.80. The van der Waals surface area contributed by atoms with Crippen LogP contribution in [-0.4, -0.2) is 37.0 Å². The van der Waals surface area contributed by atoms with Crippen molar-refractivity contribution in [2.24, 2.45) is 7.05 Å². The third-order valence-corrected chi connectivity index (χ3v) is 4.80. The molecule has 0 amide bonds. The first-order valence-electron chi connectivity index (χ1n) is 9.57. The van der Waals surface area contributed by atoms with E-state index in [4.69, 9.17) is 19.2 Å². The topological polar surface area (TPSA) is 57.5 Å². The molecule has 3 rings (SSSR count). The van der Waals surface area contributed by atoms with E-state index in [1.807, 2.05) is 30.3 Å². The van der Waals surface area contributed by atoms with Crippen molar-refractivity contribution >= 4 is 11.0 Å². The number of hydrogen-bond donors (Lipinski definition) is 1. The fourth-order valence-corrected chi connectivity index (χ4v) is 3.24.